The van der Waals surface area contributed by atoms with Crippen LogP contribution < -0.4 is 4.74 Å². The maximum atomic E-state index is 10.0. The average Bonchev–Trinajstić information content (AvgIpc) is 2.05. The van der Waals surface area contributed by atoms with E-state index in [4.69, 9.17) is 5.26 Å². The Morgan fingerprint density at radius 1 is 1.58 bits per heavy atom. The van der Waals surface area contributed by atoms with Gasteiger partial charge in [-0.3, -0.25) is 4.79 Å². The molecule has 0 saturated heterocycles. The van der Waals surface area contributed by atoms with Gasteiger partial charge in [-0.25, -0.2) is 0 Å². The molecule has 0 amide bonds. The van der Waals surface area contributed by atoms with Crippen LogP contribution in [0.25, 0.3) is 0 Å². The first-order valence-electron chi connectivity index (χ1n) is 3.08. The molecule has 60 valence electrons. The largest absolute Gasteiger partial charge is 0.427 e. The van der Waals surface area contributed by atoms with Crippen LogP contribution >= 0.6 is 15.9 Å². The summed E-state index contributed by atoms with van der Waals surface area (Å²) in [7, 11) is 0. The highest BCUT2D eigenvalue weighted by molar-refractivity contribution is 9.10. The number of rotatable bonds is 2. The van der Waals surface area contributed by atoms with Crippen LogP contribution in [0.5, 0.6) is 5.75 Å². The first-order valence-corrected chi connectivity index (χ1v) is 3.87. The molecule has 0 heterocycles. The standard InChI is InChI=1S/C8H4BrNO2/c9-7-2-1-6(4-10)8(3-7)12-5-11/h1-3,5H. The van der Waals surface area contributed by atoms with Crippen LogP contribution in [-0.4, -0.2) is 6.47 Å². The monoisotopic (exact) mass is 225 g/mol. The second-order valence-electron chi connectivity index (χ2n) is 1.97. The molecule has 0 N–H and O–H groups in total. The minimum atomic E-state index is 0.266. The highest BCUT2D eigenvalue weighted by Crippen LogP contribution is 2.22. The summed E-state index contributed by atoms with van der Waals surface area (Å²) < 4.78 is 5.34. The number of hydrogen-bond donors (Lipinski definition) is 0. The van der Waals surface area contributed by atoms with Gasteiger partial charge in [0, 0.05) is 4.47 Å². The molecular formula is C8H4BrNO2. The van der Waals surface area contributed by atoms with E-state index in [0.717, 1.165) is 4.47 Å². The summed E-state index contributed by atoms with van der Waals surface area (Å²) in [6, 6.07) is 6.74. The molecule has 0 unspecified atom stereocenters. The third-order valence-electron chi connectivity index (χ3n) is 1.24. The van der Waals surface area contributed by atoms with Crippen molar-refractivity contribution in [2.75, 3.05) is 0 Å². The van der Waals surface area contributed by atoms with E-state index in [0.29, 0.717) is 12.0 Å². The molecule has 1 aromatic carbocycles. The van der Waals surface area contributed by atoms with Crippen molar-refractivity contribution in [3.05, 3.63) is 28.2 Å². The van der Waals surface area contributed by atoms with Crippen LogP contribution in [0.3, 0.4) is 0 Å². The Kier molecular flexibility index (Phi) is 2.83. The quantitative estimate of drug-likeness (QED) is 0.723. The van der Waals surface area contributed by atoms with E-state index in [1.54, 1.807) is 18.2 Å². The van der Waals surface area contributed by atoms with Gasteiger partial charge in [0.2, 0.25) is 0 Å². The summed E-state index contributed by atoms with van der Waals surface area (Å²) in [4.78, 5) is 10.0. The fourth-order valence-electron chi connectivity index (χ4n) is 0.738. The SMILES string of the molecule is N#Cc1ccc(Br)cc1OC=O. The fourth-order valence-corrected chi connectivity index (χ4v) is 1.08. The number of ether oxygens (including phenoxy) is 1. The summed E-state index contributed by atoms with van der Waals surface area (Å²) >= 11 is 3.19. The van der Waals surface area contributed by atoms with E-state index in [1.165, 1.54) is 0 Å². The Balaban J connectivity index is 3.14. The van der Waals surface area contributed by atoms with Gasteiger partial charge in [-0.1, -0.05) is 15.9 Å². The lowest BCUT2D eigenvalue weighted by Crippen LogP contribution is -1.91. The second kappa shape index (κ2) is 3.88. The molecular weight excluding hydrogens is 222 g/mol. The van der Waals surface area contributed by atoms with Crippen molar-refractivity contribution in [1.29, 1.82) is 5.26 Å². The minimum Gasteiger partial charge on any atom is -0.427 e. The number of halogens is 1. The second-order valence-corrected chi connectivity index (χ2v) is 2.88. The molecule has 1 aromatic rings. The van der Waals surface area contributed by atoms with Crippen LogP contribution in [0, 0.1) is 11.3 Å². The third kappa shape index (κ3) is 1.83. The van der Waals surface area contributed by atoms with E-state index in [1.807, 2.05) is 6.07 Å². The molecule has 0 saturated carbocycles. The van der Waals surface area contributed by atoms with Crippen molar-refractivity contribution in [3.8, 4) is 11.8 Å². The number of carbonyl (C=O) groups is 1. The molecule has 0 aromatic heterocycles. The van der Waals surface area contributed by atoms with Crippen molar-refractivity contribution in [1.82, 2.24) is 0 Å². The zero-order valence-electron chi connectivity index (χ0n) is 5.95. The van der Waals surface area contributed by atoms with Gasteiger partial charge in [-0.2, -0.15) is 5.26 Å². The van der Waals surface area contributed by atoms with Gasteiger partial charge in [0.1, 0.15) is 11.8 Å². The van der Waals surface area contributed by atoms with E-state index in [-0.39, 0.29) is 5.75 Å². The lowest BCUT2D eigenvalue weighted by atomic mass is 10.2. The molecule has 0 bridgehead atoms. The lowest BCUT2D eigenvalue weighted by Gasteiger charge is -1.99. The molecule has 4 heteroatoms. The van der Waals surface area contributed by atoms with Gasteiger partial charge in [0.15, 0.2) is 0 Å². The third-order valence-corrected chi connectivity index (χ3v) is 1.73. The van der Waals surface area contributed by atoms with Crippen molar-refractivity contribution in [2.24, 2.45) is 0 Å². The molecule has 0 spiro atoms. The smallest absolute Gasteiger partial charge is 0.298 e. The van der Waals surface area contributed by atoms with Gasteiger partial charge in [0.25, 0.3) is 6.47 Å². The van der Waals surface area contributed by atoms with Crippen LogP contribution in [0.4, 0.5) is 0 Å². The number of carbonyl (C=O) groups excluding carboxylic acids is 1. The molecule has 0 aliphatic heterocycles. The molecule has 3 nitrogen and oxygen atoms in total. The summed E-state index contributed by atoms with van der Waals surface area (Å²) in [5.74, 6) is 0.266. The molecule has 0 aliphatic carbocycles. The summed E-state index contributed by atoms with van der Waals surface area (Å²) in [6.45, 7) is 0.294. The number of nitriles is 1. The minimum absolute atomic E-state index is 0.266. The highest BCUT2D eigenvalue weighted by atomic mass is 79.9. The Morgan fingerprint density at radius 3 is 2.92 bits per heavy atom. The van der Waals surface area contributed by atoms with Gasteiger partial charge < -0.3 is 4.74 Å². The predicted octanol–water partition coefficient (Wildman–Crippen LogP) is 1.86. The van der Waals surface area contributed by atoms with Gasteiger partial charge in [-0.15, -0.1) is 0 Å². The summed E-state index contributed by atoms with van der Waals surface area (Å²) in [5.41, 5.74) is 0.338. The zero-order chi connectivity index (χ0) is 8.97. The Hall–Kier alpha value is -1.34. The lowest BCUT2D eigenvalue weighted by molar-refractivity contribution is -0.120. The van der Waals surface area contributed by atoms with Gasteiger partial charge in [-0.05, 0) is 18.2 Å². The Bertz CT molecular complexity index is 343. The topological polar surface area (TPSA) is 50.1 Å². The molecule has 0 atom stereocenters. The van der Waals surface area contributed by atoms with Gasteiger partial charge in [0.05, 0.1) is 5.56 Å². The molecule has 0 aliphatic rings. The van der Waals surface area contributed by atoms with E-state index in [2.05, 4.69) is 20.7 Å². The van der Waals surface area contributed by atoms with Crippen LogP contribution in [0.2, 0.25) is 0 Å². The van der Waals surface area contributed by atoms with Crippen molar-refractivity contribution < 1.29 is 9.53 Å². The number of nitrogens with zero attached hydrogens (tertiary/aromatic N) is 1. The van der Waals surface area contributed by atoms with E-state index >= 15 is 0 Å². The molecule has 1 rings (SSSR count). The Labute approximate surface area is 77.7 Å². The molecule has 0 fully saturated rings. The van der Waals surface area contributed by atoms with Crippen molar-refractivity contribution >= 4 is 22.4 Å². The average molecular weight is 226 g/mol. The molecule has 0 radical (unpaired) electrons. The molecule has 12 heavy (non-hydrogen) atoms. The van der Waals surface area contributed by atoms with Crippen molar-refractivity contribution in [3.63, 3.8) is 0 Å². The number of benzene rings is 1. The summed E-state index contributed by atoms with van der Waals surface area (Å²) in [6.07, 6.45) is 0. The first kappa shape index (κ1) is 8.75. The highest BCUT2D eigenvalue weighted by Gasteiger charge is 2.02. The van der Waals surface area contributed by atoms with Gasteiger partial charge >= 0.3 is 0 Å². The fraction of sp³-hybridized carbons (Fsp3) is 0. The predicted molar refractivity (Wildman–Crippen MR) is 45.5 cm³/mol. The normalized spacial score (nSPS) is 8.67. The zero-order valence-corrected chi connectivity index (χ0v) is 7.54. The summed E-state index contributed by atoms with van der Waals surface area (Å²) in [5, 5.41) is 8.57. The first-order chi connectivity index (χ1) is 5.77. The van der Waals surface area contributed by atoms with E-state index in [9.17, 15) is 4.79 Å². The van der Waals surface area contributed by atoms with E-state index < -0.39 is 0 Å². The van der Waals surface area contributed by atoms with Crippen molar-refractivity contribution in [2.45, 2.75) is 0 Å². The maximum Gasteiger partial charge on any atom is 0.298 e. The van der Waals surface area contributed by atoms with Crippen LogP contribution in [-0.2, 0) is 4.79 Å². The van der Waals surface area contributed by atoms with Crippen LogP contribution in [0.15, 0.2) is 22.7 Å². The number of hydrogen-bond acceptors (Lipinski definition) is 3. The Morgan fingerprint density at radius 2 is 2.33 bits per heavy atom. The van der Waals surface area contributed by atoms with Crippen LogP contribution in [0.1, 0.15) is 5.56 Å². The maximum absolute atomic E-state index is 10.0.